The molecule has 0 atom stereocenters. The van der Waals surface area contributed by atoms with E-state index in [2.05, 4.69) is 10.1 Å². The SMILES string of the molecule is O=C(O)c1ccccc1-c1nc2c(Cl)cccn2n1. The molecule has 19 heavy (non-hydrogen) atoms. The van der Waals surface area contributed by atoms with E-state index in [4.69, 9.17) is 16.7 Å². The maximum Gasteiger partial charge on any atom is 0.336 e. The number of carbonyl (C=O) groups is 1. The number of carboxylic acid groups (broad SMARTS) is 1. The molecule has 3 aromatic rings. The van der Waals surface area contributed by atoms with E-state index in [1.165, 1.54) is 10.6 Å². The Kier molecular flexibility index (Phi) is 2.68. The van der Waals surface area contributed by atoms with Crippen LogP contribution < -0.4 is 0 Å². The van der Waals surface area contributed by atoms with E-state index in [-0.39, 0.29) is 5.56 Å². The molecule has 0 aliphatic carbocycles. The third kappa shape index (κ3) is 1.94. The third-order valence-corrected chi connectivity index (χ3v) is 3.01. The lowest BCUT2D eigenvalue weighted by Gasteiger charge is -2.00. The van der Waals surface area contributed by atoms with Crippen molar-refractivity contribution in [2.24, 2.45) is 0 Å². The summed E-state index contributed by atoms with van der Waals surface area (Å²) >= 11 is 6.02. The molecule has 5 nitrogen and oxygen atoms in total. The van der Waals surface area contributed by atoms with Crippen molar-refractivity contribution in [1.82, 2.24) is 14.6 Å². The minimum atomic E-state index is -1.01. The molecule has 0 unspecified atom stereocenters. The summed E-state index contributed by atoms with van der Waals surface area (Å²) in [5.74, 6) is -0.674. The highest BCUT2D eigenvalue weighted by atomic mass is 35.5. The molecule has 0 bridgehead atoms. The van der Waals surface area contributed by atoms with E-state index in [0.717, 1.165) is 0 Å². The monoisotopic (exact) mass is 273 g/mol. The van der Waals surface area contributed by atoms with Crippen molar-refractivity contribution in [2.45, 2.75) is 0 Å². The number of hydrogen-bond acceptors (Lipinski definition) is 3. The Morgan fingerprint density at radius 1 is 1.21 bits per heavy atom. The second-order valence-corrected chi connectivity index (χ2v) is 4.32. The van der Waals surface area contributed by atoms with Crippen LogP contribution in [0.2, 0.25) is 5.02 Å². The molecule has 6 heteroatoms. The summed E-state index contributed by atoms with van der Waals surface area (Å²) in [6, 6.07) is 10.1. The van der Waals surface area contributed by atoms with Gasteiger partial charge in [0.25, 0.3) is 0 Å². The van der Waals surface area contributed by atoms with E-state index < -0.39 is 5.97 Å². The van der Waals surface area contributed by atoms with Crippen LogP contribution in [0.15, 0.2) is 42.6 Å². The highest BCUT2D eigenvalue weighted by Gasteiger charge is 2.15. The number of fused-ring (bicyclic) bond motifs is 1. The van der Waals surface area contributed by atoms with Crippen molar-refractivity contribution in [3.63, 3.8) is 0 Å². The zero-order valence-electron chi connectivity index (χ0n) is 9.62. The van der Waals surface area contributed by atoms with Crippen molar-refractivity contribution in [1.29, 1.82) is 0 Å². The lowest BCUT2D eigenvalue weighted by atomic mass is 10.1. The first kappa shape index (κ1) is 11.7. The number of nitrogens with zero attached hydrogens (tertiary/aromatic N) is 3. The molecular weight excluding hydrogens is 266 g/mol. The highest BCUT2D eigenvalue weighted by molar-refractivity contribution is 6.33. The maximum absolute atomic E-state index is 11.2. The summed E-state index contributed by atoms with van der Waals surface area (Å²) in [7, 11) is 0. The quantitative estimate of drug-likeness (QED) is 0.779. The Bertz CT molecular complexity index is 782. The number of aromatic carboxylic acids is 1. The van der Waals surface area contributed by atoms with E-state index in [1.54, 1.807) is 36.5 Å². The Balaban J connectivity index is 2.25. The Labute approximate surface area is 113 Å². The van der Waals surface area contributed by atoms with Gasteiger partial charge in [-0.05, 0) is 18.2 Å². The topological polar surface area (TPSA) is 67.5 Å². The normalized spacial score (nSPS) is 10.8. The van der Waals surface area contributed by atoms with Crippen LogP contribution in [0.25, 0.3) is 17.0 Å². The van der Waals surface area contributed by atoms with Gasteiger partial charge in [0.15, 0.2) is 11.5 Å². The first-order valence-electron chi connectivity index (χ1n) is 5.50. The number of benzene rings is 1. The second-order valence-electron chi connectivity index (χ2n) is 3.91. The fourth-order valence-corrected chi connectivity index (χ4v) is 2.05. The fraction of sp³-hybridized carbons (Fsp3) is 0. The van der Waals surface area contributed by atoms with Crippen LogP contribution in [-0.4, -0.2) is 25.7 Å². The van der Waals surface area contributed by atoms with Crippen LogP contribution in [0.1, 0.15) is 10.4 Å². The summed E-state index contributed by atoms with van der Waals surface area (Å²) in [6.45, 7) is 0. The van der Waals surface area contributed by atoms with Gasteiger partial charge >= 0.3 is 5.97 Å². The summed E-state index contributed by atoms with van der Waals surface area (Å²) in [4.78, 5) is 15.5. The maximum atomic E-state index is 11.2. The van der Waals surface area contributed by atoms with E-state index in [0.29, 0.717) is 22.1 Å². The van der Waals surface area contributed by atoms with Gasteiger partial charge in [-0.1, -0.05) is 29.8 Å². The fourth-order valence-electron chi connectivity index (χ4n) is 1.85. The standard InChI is InChI=1S/C13H8ClN3O2/c14-10-6-3-7-17-12(10)15-11(16-17)8-4-1-2-5-9(8)13(18)19/h1-7H,(H,18,19). The molecule has 0 spiro atoms. The molecule has 2 aromatic heterocycles. The van der Waals surface area contributed by atoms with Gasteiger partial charge in [-0.25, -0.2) is 14.3 Å². The summed E-state index contributed by atoms with van der Waals surface area (Å²) in [6.07, 6.45) is 1.71. The smallest absolute Gasteiger partial charge is 0.336 e. The minimum Gasteiger partial charge on any atom is -0.478 e. The summed E-state index contributed by atoms with van der Waals surface area (Å²) in [5, 5.41) is 13.9. The molecule has 2 heterocycles. The van der Waals surface area contributed by atoms with Gasteiger partial charge in [-0.3, -0.25) is 0 Å². The molecular formula is C13H8ClN3O2. The van der Waals surface area contributed by atoms with E-state index in [1.807, 2.05) is 0 Å². The molecule has 0 saturated heterocycles. The molecule has 0 aliphatic rings. The van der Waals surface area contributed by atoms with Gasteiger partial charge in [0.05, 0.1) is 10.6 Å². The van der Waals surface area contributed by atoms with Gasteiger partial charge in [0.1, 0.15) is 0 Å². The van der Waals surface area contributed by atoms with Gasteiger partial charge in [0.2, 0.25) is 0 Å². The summed E-state index contributed by atoms with van der Waals surface area (Å²) in [5.41, 5.74) is 1.13. The Morgan fingerprint density at radius 2 is 2.00 bits per heavy atom. The average Bonchev–Trinajstić information content (AvgIpc) is 2.84. The zero-order valence-corrected chi connectivity index (χ0v) is 10.4. The highest BCUT2D eigenvalue weighted by Crippen LogP contribution is 2.23. The predicted octanol–water partition coefficient (Wildman–Crippen LogP) is 2.75. The lowest BCUT2D eigenvalue weighted by molar-refractivity contribution is 0.0697. The molecule has 0 radical (unpaired) electrons. The number of carboxylic acids is 1. The van der Waals surface area contributed by atoms with Gasteiger partial charge in [0, 0.05) is 11.8 Å². The number of halogens is 1. The Hall–Kier alpha value is -2.40. The molecule has 0 amide bonds. The van der Waals surface area contributed by atoms with Crippen LogP contribution in [0.4, 0.5) is 0 Å². The van der Waals surface area contributed by atoms with Crippen molar-refractivity contribution in [3.05, 3.63) is 53.2 Å². The summed E-state index contributed by atoms with van der Waals surface area (Å²) < 4.78 is 1.52. The zero-order chi connectivity index (χ0) is 13.4. The lowest BCUT2D eigenvalue weighted by Crippen LogP contribution is -1.99. The molecule has 1 N–H and O–H groups in total. The van der Waals surface area contributed by atoms with Crippen LogP contribution in [0.5, 0.6) is 0 Å². The second kappa shape index (κ2) is 4.37. The minimum absolute atomic E-state index is 0.162. The molecule has 0 fully saturated rings. The van der Waals surface area contributed by atoms with Crippen molar-refractivity contribution in [3.8, 4) is 11.4 Å². The Morgan fingerprint density at radius 3 is 2.74 bits per heavy atom. The molecule has 1 aromatic carbocycles. The van der Waals surface area contributed by atoms with Gasteiger partial charge in [-0.2, -0.15) is 0 Å². The van der Waals surface area contributed by atoms with Crippen LogP contribution in [0.3, 0.4) is 0 Å². The molecule has 0 aliphatic heterocycles. The number of aromatic nitrogens is 3. The molecule has 94 valence electrons. The number of hydrogen-bond donors (Lipinski definition) is 1. The van der Waals surface area contributed by atoms with Gasteiger partial charge in [-0.15, -0.1) is 5.10 Å². The molecule has 3 rings (SSSR count). The average molecular weight is 274 g/mol. The van der Waals surface area contributed by atoms with Crippen molar-refractivity contribution >= 4 is 23.2 Å². The van der Waals surface area contributed by atoms with Crippen LogP contribution >= 0.6 is 11.6 Å². The van der Waals surface area contributed by atoms with E-state index >= 15 is 0 Å². The first-order chi connectivity index (χ1) is 9.16. The number of pyridine rings is 1. The van der Waals surface area contributed by atoms with Crippen molar-refractivity contribution in [2.75, 3.05) is 0 Å². The predicted molar refractivity (Wildman–Crippen MR) is 70.4 cm³/mol. The van der Waals surface area contributed by atoms with Crippen LogP contribution in [0, 0.1) is 0 Å². The van der Waals surface area contributed by atoms with Gasteiger partial charge < -0.3 is 5.11 Å². The van der Waals surface area contributed by atoms with E-state index in [9.17, 15) is 4.79 Å². The number of rotatable bonds is 2. The third-order valence-electron chi connectivity index (χ3n) is 2.71. The van der Waals surface area contributed by atoms with Crippen molar-refractivity contribution < 1.29 is 9.90 Å². The largest absolute Gasteiger partial charge is 0.478 e. The first-order valence-corrected chi connectivity index (χ1v) is 5.88. The van der Waals surface area contributed by atoms with Crippen LogP contribution in [-0.2, 0) is 0 Å². The molecule has 0 saturated carbocycles.